The van der Waals surface area contributed by atoms with Gasteiger partial charge in [0.15, 0.2) is 6.29 Å². The highest BCUT2D eigenvalue weighted by Gasteiger charge is 2.30. The molecule has 3 nitrogen and oxygen atoms in total. The molecule has 0 aliphatic carbocycles. The van der Waals surface area contributed by atoms with E-state index in [2.05, 4.69) is 9.97 Å². The van der Waals surface area contributed by atoms with Crippen LogP contribution in [0.5, 0.6) is 0 Å². The molecule has 0 saturated carbocycles. The van der Waals surface area contributed by atoms with Crippen LogP contribution >= 0.6 is 11.6 Å². The Hall–Kier alpha value is -1.95. The fourth-order valence-electron chi connectivity index (χ4n) is 1.69. The highest BCUT2D eigenvalue weighted by atomic mass is 35.5. The van der Waals surface area contributed by atoms with Crippen molar-refractivity contribution in [2.24, 2.45) is 0 Å². The molecular weight excluding hydrogens is 293 g/mol. The second kappa shape index (κ2) is 5.20. The van der Waals surface area contributed by atoms with Crippen LogP contribution in [0.1, 0.15) is 21.7 Å². The molecule has 20 heavy (non-hydrogen) atoms. The predicted molar refractivity (Wildman–Crippen MR) is 67.6 cm³/mol. The summed E-state index contributed by atoms with van der Waals surface area (Å²) in [4.78, 5) is 18.9. The Morgan fingerprint density at radius 3 is 2.25 bits per heavy atom. The molecule has 2 aromatic rings. The SMILES string of the molecule is Cc1nc(Cl)c(C=O)c(-c2ccc(C(F)(F)F)cc2)n1. The summed E-state index contributed by atoms with van der Waals surface area (Å²) in [5, 5.41) is -0.0256. The number of aryl methyl sites for hydroxylation is 1. The number of hydrogen-bond acceptors (Lipinski definition) is 3. The molecule has 0 aliphatic rings. The molecule has 0 fully saturated rings. The maximum absolute atomic E-state index is 12.5. The fourth-order valence-corrected chi connectivity index (χ4v) is 1.94. The Kier molecular flexibility index (Phi) is 3.76. The molecule has 1 heterocycles. The first-order chi connectivity index (χ1) is 9.32. The second-order valence-corrected chi connectivity index (χ2v) is 4.37. The van der Waals surface area contributed by atoms with Gasteiger partial charge in [-0.3, -0.25) is 4.79 Å². The molecule has 0 N–H and O–H groups in total. The van der Waals surface area contributed by atoms with E-state index in [0.29, 0.717) is 17.7 Å². The van der Waals surface area contributed by atoms with Gasteiger partial charge >= 0.3 is 6.18 Å². The van der Waals surface area contributed by atoms with Crippen LogP contribution < -0.4 is 0 Å². The number of aromatic nitrogens is 2. The number of halogens is 4. The molecule has 0 radical (unpaired) electrons. The van der Waals surface area contributed by atoms with Crippen molar-refractivity contribution in [3.8, 4) is 11.3 Å². The minimum Gasteiger partial charge on any atom is -0.298 e. The molecule has 1 aromatic heterocycles. The lowest BCUT2D eigenvalue weighted by molar-refractivity contribution is -0.137. The number of rotatable bonds is 2. The van der Waals surface area contributed by atoms with Crippen molar-refractivity contribution in [3.63, 3.8) is 0 Å². The summed E-state index contributed by atoms with van der Waals surface area (Å²) >= 11 is 5.83. The van der Waals surface area contributed by atoms with Crippen LogP contribution in [-0.2, 0) is 6.18 Å². The van der Waals surface area contributed by atoms with Crippen LogP contribution in [0, 0.1) is 6.92 Å². The quantitative estimate of drug-likeness (QED) is 0.623. The Labute approximate surface area is 117 Å². The summed E-state index contributed by atoms with van der Waals surface area (Å²) in [6.07, 6.45) is -3.93. The van der Waals surface area contributed by atoms with Gasteiger partial charge in [0.05, 0.1) is 16.8 Å². The number of alkyl halides is 3. The number of aldehydes is 1. The normalized spacial score (nSPS) is 11.4. The van der Waals surface area contributed by atoms with E-state index in [1.807, 2.05) is 0 Å². The van der Waals surface area contributed by atoms with Gasteiger partial charge in [0.2, 0.25) is 0 Å². The number of benzene rings is 1. The molecule has 0 aliphatic heterocycles. The molecule has 0 bridgehead atoms. The van der Waals surface area contributed by atoms with Gasteiger partial charge in [-0.25, -0.2) is 9.97 Å². The smallest absolute Gasteiger partial charge is 0.298 e. The molecular formula is C13H8ClF3N2O. The molecule has 0 saturated heterocycles. The van der Waals surface area contributed by atoms with Crippen LogP contribution in [0.2, 0.25) is 5.15 Å². The molecule has 0 atom stereocenters. The third kappa shape index (κ3) is 2.80. The van der Waals surface area contributed by atoms with Gasteiger partial charge in [0.25, 0.3) is 0 Å². The lowest BCUT2D eigenvalue weighted by atomic mass is 10.1. The van der Waals surface area contributed by atoms with Gasteiger partial charge in [0.1, 0.15) is 11.0 Å². The van der Waals surface area contributed by atoms with Gasteiger partial charge in [0, 0.05) is 5.56 Å². The standard InChI is InChI=1S/C13H8ClF3N2O/c1-7-18-11(10(6-20)12(14)19-7)8-2-4-9(5-3-8)13(15,16)17/h2-6H,1H3. The van der Waals surface area contributed by atoms with Gasteiger partial charge in [-0.05, 0) is 19.1 Å². The van der Waals surface area contributed by atoms with Crippen LogP contribution in [0.15, 0.2) is 24.3 Å². The van der Waals surface area contributed by atoms with Crippen LogP contribution in [-0.4, -0.2) is 16.3 Å². The lowest BCUT2D eigenvalue weighted by Crippen LogP contribution is -2.04. The van der Waals surface area contributed by atoms with E-state index in [1.54, 1.807) is 6.92 Å². The van der Waals surface area contributed by atoms with Gasteiger partial charge in [-0.1, -0.05) is 23.7 Å². The summed E-state index contributed by atoms with van der Waals surface area (Å²) in [6, 6.07) is 4.34. The first kappa shape index (κ1) is 14.5. The zero-order valence-corrected chi connectivity index (χ0v) is 11.0. The minimum absolute atomic E-state index is 0.0256. The topological polar surface area (TPSA) is 42.9 Å². The van der Waals surface area contributed by atoms with Crippen molar-refractivity contribution in [1.29, 1.82) is 0 Å². The Bertz CT molecular complexity index is 654. The summed E-state index contributed by atoms with van der Waals surface area (Å²) in [7, 11) is 0. The average molecular weight is 301 g/mol. The van der Waals surface area contributed by atoms with Crippen molar-refractivity contribution >= 4 is 17.9 Å². The van der Waals surface area contributed by atoms with E-state index < -0.39 is 11.7 Å². The highest BCUT2D eigenvalue weighted by Crippen LogP contribution is 2.31. The first-order valence-electron chi connectivity index (χ1n) is 5.50. The second-order valence-electron chi connectivity index (χ2n) is 4.02. The number of hydrogen-bond donors (Lipinski definition) is 0. The van der Waals surface area contributed by atoms with E-state index in [1.165, 1.54) is 12.1 Å². The zero-order chi connectivity index (χ0) is 14.9. The van der Waals surface area contributed by atoms with Crippen LogP contribution in [0.4, 0.5) is 13.2 Å². The molecule has 2 rings (SSSR count). The van der Waals surface area contributed by atoms with E-state index in [-0.39, 0.29) is 16.4 Å². The number of carbonyl (C=O) groups excluding carboxylic acids is 1. The first-order valence-corrected chi connectivity index (χ1v) is 5.87. The Morgan fingerprint density at radius 1 is 1.15 bits per heavy atom. The molecule has 0 amide bonds. The largest absolute Gasteiger partial charge is 0.416 e. The van der Waals surface area contributed by atoms with Gasteiger partial charge in [-0.2, -0.15) is 13.2 Å². The predicted octanol–water partition coefficient (Wildman–Crippen LogP) is 3.94. The summed E-state index contributed by atoms with van der Waals surface area (Å²) in [5.41, 5.74) is -0.137. The van der Waals surface area contributed by atoms with E-state index in [0.717, 1.165) is 12.1 Å². The minimum atomic E-state index is -4.41. The van der Waals surface area contributed by atoms with Gasteiger partial charge in [-0.15, -0.1) is 0 Å². The van der Waals surface area contributed by atoms with Crippen molar-refractivity contribution in [3.05, 3.63) is 46.4 Å². The highest BCUT2D eigenvalue weighted by molar-refractivity contribution is 6.32. The van der Waals surface area contributed by atoms with Crippen molar-refractivity contribution in [2.75, 3.05) is 0 Å². The summed E-state index contributed by atoms with van der Waals surface area (Å²) in [5.74, 6) is 0.329. The molecule has 7 heteroatoms. The Balaban J connectivity index is 2.55. The summed E-state index contributed by atoms with van der Waals surface area (Å²) < 4.78 is 37.5. The monoisotopic (exact) mass is 300 g/mol. The van der Waals surface area contributed by atoms with E-state index >= 15 is 0 Å². The van der Waals surface area contributed by atoms with E-state index in [9.17, 15) is 18.0 Å². The molecule has 1 aromatic carbocycles. The number of nitrogens with zero attached hydrogens (tertiary/aromatic N) is 2. The zero-order valence-electron chi connectivity index (χ0n) is 10.2. The maximum atomic E-state index is 12.5. The lowest BCUT2D eigenvalue weighted by Gasteiger charge is -2.09. The molecule has 0 spiro atoms. The Morgan fingerprint density at radius 2 is 1.75 bits per heavy atom. The maximum Gasteiger partial charge on any atom is 0.416 e. The van der Waals surface area contributed by atoms with Crippen molar-refractivity contribution < 1.29 is 18.0 Å². The molecule has 0 unspecified atom stereocenters. The fraction of sp³-hybridized carbons (Fsp3) is 0.154. The van der Waals surface area contributed by atoms with Gasteiger partial charge < -0.3 is 0 Å². The van der Waals surface area contributed by atoms with E-state index in [4.69, 9.17) is 11.6 Å². The average Bonchev–Trinajstić information content (AvgIpc) is 2.37. The summed E-state index contributed by atoms with van der Waals surface area (Å²) in [6.45, 7) is 1.58. The van der Waals surface area contributed by atoms with Crippen molar-refractivity contribution in [2.45, 2.75) is 13.1 Å². The van der Waals surface area contributed by atoms with Crippen LogP contribution in [0.25, 0.3) is 11.3 Å². The number of carbonyl (C=O) groups is 1. The van der Waals surface area contributed by atoms with Crippen molar-refractivity contribution in [1.82, 2.24) is 9.97 Å². The molecule has 104 valence electrons. The van der Waals surface area contributed by atoms with Crippen LogP contribution in [0.3, 0.4) is 0 Å². The third-order valence-electron chi connectivity index (χ3n) is 2.61. The third-order valence-corrected chi connectivity index (χ3v) is 2.90.